The standard InChI is InChI=1S/C13H7Cl4FN2O/c1-5-2-3-6(18)7(4-5)19-13(21)11-9(15)8(14)10(16)12(17)20-11/h2-4H,1H3,(H,19,21). The van der Waals surface area contributed by atoms with Crippen LogP contribution in [0.4, 0.5) is 10.1 Å². The Morgan fingerprint density at radius 3 is 2.48 bits per heavy atom. The van der Waals surface area contributed by atoms with Crippen molar-refractivity contribution >= 4 is 58.0 Å². The Morgan fingerprint density at radius 2 is 1.81 bits per heavy atom. The number of nitrogens with one attached hydrogen (secondary N) is 1. The molecule has 1 heterocycles. The molecule has 0 saturated carbocycles. The topological polar surface area (TPSA) is 42.0 Å². The van der Waals surface area contributed by atoms with Crippen LogP contribution >= 0.6 is 46.4 Å². The summed E-state index contributed by atoms with van der Waals surface area (Å²) in [6, 6.07) is 4.29. The van der Waals surface area contributed by atoms with Gasteiger partial charge in [-0.3, -0.25) is 4.79 Å². The van der Waals surface area contributed by atoms with Crippen LogP contribution in [0.2, 0.25) is 20.2 Å². The molecule has 0 radical (unpaired) electrons. The summed E-state index contributed by atoms with van der Waals surface area (Å²) in [7, 11) is 0. The van der Waals surface area contributed by atoms with Crippen LogP contribution in [0.3, 0.4) is 0 Å². The highest BCUT2D eigenvalue weighted by Crippen LogP contribution is 2.36. The number of aryl methyl sites for hydroxylation is 1. The summed E-state index contributed by atoms with van der Waals surface area (Å²) in [6.45, 7) is 1.76. The average Bonchev–Trinajstić information content (AvgIpc) is 2.44. The minimum Gasteiger partial charge on any atom is -0.318 e. The van der Waals surface area contributed by atoms with Crippen molar-refractivity contribution in [1.82, 2.24) is 4.98 Å². The molecule has 21 heavy (non-hydrogen) atoms. The second-order valence-electron chi connectivity index (χ2n) is 4.13. The number of nitrogens with zero attached hydrogens (tertiary/aromatic N) is 1. The van der Waals surface area contributed by atoms with Gasteiger partial charge >= 0.3 is 0 Å². The first kappa shape index (κ1) is 16.3. The summed E-state index contributed by atoms with van der Waals surface area (Å²) in [5.41, 5.74) is 0.537. The summed E-state index contributed by atoms with van der Waals surface area (Å²) in [5.74, 6) is -1.33. The van der Waals surface area contributed by atoms with Crippen molar-refractivity contribution in [1.29, 1.82) is 0 Å². The van der Waals surface area contributed by atoms with Gasteiger partial charge in [-0.15, -0.1) is 0 Å². The van der Waals surface area contributed by atoms with E-state index in [0.717, 1.165) is 5.56 Å². The van der Waals surface area contributed by atoms with E-state index >= 15 is 0 Å². The van der Waals surface area contributed by atoms with E-state index in [4.69, 9.17) is 46.4 Å². The van der Waals surface area contributed by atoms with Crippen molar-refractivity contribution in [2.24, 2.45) is 0 Å². The molecule has 0 aliphatic rings. The maximum atomic E-state index is 13.6. The summed E-state index contributed by atoms with van der Waals surface area (Å²) in [6.07, 6.45) is 0. The minimum absolute atomic E-state index is 0.0000570. The lowest BCUT2D eigenvalue weighted by Crippen LogP contribution is -2.16. The fourth-order valence-corrected chi connectivity index (χ4v) is 2.37. The van der Waals surface area contributed by atoms with E-state index in [2.05, 4.69) is 10.3 Å². The van der Waals surface area contributed by atoms with Crippen LogP contribution in [-0.2, 0) is 0 Å². The highest BCUT2D eigenvalue weighted by Gasteiger charge is 2.21. The van der Waals surface area contributed by atoms with Crippen LogP contribution in [0.15, 0.2) is 18.2 Å². The molecular weight excluding hydrogens is 361 g/mol. The number of rotatable bonds is 2. The molecule has 110 valence electrons. The van der Waals surface area contributed by atoms with Crippen molar-refractivity contribution in [3.63, 3.8) is 0 Å². The number of hydrogen-bond acceptors (Lipinski definition) is 2. The zero-order chi connectivity index (χ0) is 15.7. The number of halogens is 5. The SMILES string of the molecule is Cc1ccc(F)c(NC(=O)c2nc(Cl)c(Cl)c(Cl)c2Cl)c1. The predicted molar refractivity (Wildman–Crippen MR) is 83.4 cm³/mol. The van der Waals surface area contributed by atoms with Crippen molar-refractivity contribution in [2.75, 3.05) is 5.32 Å². The third-order valence-corrected chi connectivity index (χ3v) is 4.25. The first-order valence-corrected chi connectivity index (χ1v) is 7.10. The van der Waals surface area contributed by atoms with Gasteiger partial charge in [0.25, 0.3) is 5.91 Å². The third-order valence-electron chi connectivity index (χ3n) is 2.57. The van der Waals surface area contributed by atoms with Gasteiger partial charge in [0.05, 0.1) is 20.8 Å². The number of anilines is 1. The summed E-state index contributed by atoms with van der Waals surface area (Å²) in [4.78, 5) is 15.9. The van der Waals surface area contributed by atoms with Crippen molar-refractivity contribution in [3.8, 4) is 0 Å². The van der Waals surface area contributed by atoms with Crippen LogP contribution < -0.4 is 5.32 Å². The molecular formula is C13H7Cl4FN2O. The first-order valence-electron chi connectivity index (χ1n) is 5.58. The lowest BCUT2D eigenvalue weighted by molar-refractivity contribution is 0.102. The van der Waals surface area contributed by atoms with E-state index in [-0.39, 0.29) is 31.6 Å². The molecule has 0 fully saturated rings. The summed E-state index contributed by atoms with van der Waals surface area (Å²) >= 11 is 23.3. The number of carbonyl (C=O) groups excluding carboxylic acids is 1. The number of pyridine rings is 1. The molecule has 1 amide bonds. The monoisotopic (exact) mass is 366 g/mol. The van der Waals surface area contributed by atoms with Gasteiger partial charge in [-0.1, -0.05) is 52.5 Å². The van der Waals surface area contributed by atoms with Gasteiger partial charge in [0.15, 0.2) is 0 Å². The molecule has 2 rings (SSSR count). The molecule has 1 N–H and O–H groups in total. The lowest BCUT2D eigenvalue weighted by atomic mass is 10.2. The number of hydrogen-bond donors (Lipinski definition) is 1. The molecule has 0 spiro atoms. The molecule has 1 aromatic carbocycles. The zero-order valence-electron chi connectivity index (χ0n) is 10.5. The summed E-state index contributed by atoms with van der Waals surface area (Å²) < 4.78 is 13.6. The highest BCUT2D eigenvalue weighted by molar-refractivity contribution is 6.52. The molecule has 0 aliphatic carbocycles. The van der Waals surface area contributed by atoms with E-state index < -0.39 is 11.7 Å². The predicted octanol–water partition coefficient (Wildman–Crippen LogP) is 5.40. The molecule has 0 aliphatic heterocycles. The van der Waals surface area contributed by atoms with Crippen LogP contribution in [0.1, 0.15) is 16.1 Å². The number of benzene rings is 1. The molecule has 0 bridgehead atoms. The van der Waals surface area contributed by atoms with E-state index in [1.165, 1.54) is 12.1 Å². The van der Waals surface area contributed by atoms with E-state index in [9.17, 15) is 9.18 Å². The Morgan fingerprint density at radius 1 is 1.14 bits per heavy atom. The van der Waals surface area contributed by atoms with Gasteiger partial charge in [-0.2, -0.15) is 0 Å². The van der Waals surface area contributed by atoms with E-state index in [1.54, 1.807) is 13.0 Å². The first-order chi connectivity index (χ1) is 9.81. The van der Waals surface area contributed by atoms with Gasteiger partial charge < -0.3 is 5.32 Å². The zero-order valence-corrected chi connectivity index (χ0v) is 13.5. The Kier molecular flexibility index (Phi) is 4.94. The summed E-state index contributed by atoms with van der Waals surface area (Å²) in [5, 5.41) is 1.90. The number of amides is 1. The quantitative estimate of drug-likeness (QED) is 0.722. The number of aromatic nitrogens is 1. The maximum Gasteiger partial charge on any atom is 0.276 e. The second kappa shape index (κ2) is 6.36. The smallest absolute Gasteiger partial charge is 0.276 e. The van der Waals surface area contributed by atoms with Crippen LogP contribution in [0.5, 0.6) is 0 Å². The third kappa shape index (κ3) is 3.40. The van der Waals surface area contributed by atoms with Gasteiger partial charge in [-0.05, 0) is 24.6 Å². The average molecular weight is 368 g/mol. The largest absolute Gasteiger partial charge is 0.318 e. The van der Waals surface area contributed by atoms with Crippen LogP contribution in [0, 0.1) is 12.7 Å². The number of carbonyl (C=O) groups is 1. The van der Waals surface area contributed by atoms with Crippen molar-refractivity contribution < 1.29 is 9.18 Å². The highest BCUT2D eigenvalue weighted by atomic mass is 35.5. The van der Waals surface area contributed by atoms with Gasteiger partial charge in [0.2, 0.25) is 0 Å². The fourth-order valence-electron chi connectivity index (χ4n) is 1.55. The van der Waals surface area contributed by atoms with Gasteiger partial charge in [0.1, 0.15) is 16.7 Å². The van der Waals surface area contributed by atoms with Gasteiger partial charge in [0, 0.05) is 0 Å². The van der Waals surface area contributed by atoms with E-state index in [1.807, 2.05) is 0 Å². The molecule has 8 heteroatoms. The lowest BCUT2D eigenvalue weighted by Gasteiger charge is -2.10. The minimum atomic E-state index is -0.745. The maximum absolute atomic E-state index is 13.6. The Hall–Kier alpha value is -1.07. The molecule has 2 aromatic rings. The van der Waals surface area contributed by atoms with Crippen molar-refractivity contribution in [2.45, 2.75) is 6.92 Å². The normalized spacial score (nSPS) is 10.6. The fraction of sp³-hybridized carbons (Fsp3) is 0.0769. The molecule has 3 nitrogen and oxygen atoms in total. The van der Waals surface area contributed by atoms with Crippen LogP contribution in [-0.4, -0.2) is 10.9 Å². The Balaban J connectivity index is 2.40. The van der Waals surface area contributed by atoms with Crippen LogP contribution in [0.25, 0.3) is 0 Å². The molecule has 1 aromatic heterocycles. The second-order valence-corrected chi connectivity index (χ2v) is 5.62. The Labute approximate surface area is 140 Å². The Bertz CT molecular complexity index is 737. The van der Waals surface area contributed by atoms with Gasteiger partial charge in [-0.25, -0.2) is 9.37 Å². The molecule has 0 unspecified atom stereocenters. The van der Waals surface area contributed by atoms with E-state index in [0.29, 0.717) is 0 Å². The molecule has 0 saturated heterocycles. The van der Waals surface area contributed by atoms with Crippen molar-refractivity contribution in [3.05, 3.63) is 55.5 Å². The molecule has 0 atom stereocenters.